The van der Waals surface area contributed by atoms with Crippen molar-refractivity contribution in [1.82, 2.24) is 30.3 Å². The van der Waals surface area contributed by atoms with E-state index in [0.29, 0.717) is 10.8 Å². The molecule has 39 heavy (non-hydrogen) atoms. The van der Waals surface area contributed by atoms with Crippen molar-refractivity contribution in [1.29, 1.82) is 0 Å². The first-order valence-electron chi connectivity index (χ1n) is 11.2. The second kappa shape index (κ2) is 12.6. The highest BCUT2D eigenvalue weighted by molar-refractivity contribution is 8.01. The zero-order chi connectivity index (χ0) is 28.0. The SMILES string of the molecule is CCSc1nnc(NC(=O)CSc2nnc(CNC(=O)c3ccccc3C(F)(F)F)n2-c2ccc(F)cc2)s1. The number of hydrogen-bond donors (Lipinski definition) is 2. The van der Waals surface area contributed by atoms with Crippen LogP contribution in [0.1, 0.15) is 28.7 Å². The third kappa shape index (κ3) is 7.33. The van der Waals surface area contributed by atoms with Gasteiger partial charge in [-0.1, -0.05) is 53.9 Å². The van der Waals surface area contributed by atoms with Gasteiger partial charge in [-0.25, -0.2) is 4.39 Å². The third-order valence-electron chi connectivity index (χ3n) is 4.92. The van der Waals surface area contributed by atoms with Crippen LogP contribution in [0.3, 0.4) is 0 Å². The number of halogens is 4. The summed E-state index contributed by atoms with van der Waals surface area (Å²) in [7, 11) is 0. The molecular weight excluding hydrogens is 578 g/mol. The van der Waals surface area contributed by atoms with Crippen LogP contribution in [0.15, 0.2) is 58.0 Å². The van der Waals surface area contributed by atoms with Crippen LogP contribution in [-0.4, -0.2) is 48.3 Å². The first-order valence-corrected chi connectivity index (χ1v) is 14.0. The van der Waals surface area contributed by atoms with E-state index in [0.717, 1.165) is 34.0 Å². The molecule has 0 radical (unpaired) electrons. The van der Waals surface area contributed by atoms with E-state index in [1.54, 1.807) is 0 Å². The van der Waals surface area contributed by atoms with Gasteiger partial charge in [0.25, 0.3) is 5.91 Å². The molecule has 204 valence electrons. The number of nitrogens with one attached hydrogen (secondary N) is 2. The van der Waals surface area contributed by atoms with Crippen molar-refractivity contribution in [3.8, 4) is 5.69 Å². The number of carbonyl (C=O) groups is 2. The molecule has 4 aromatic rings. The van der Waals surface area contributed by atoms with Crippen LogP contribution in [0.2, 0.25) is 0 Å². The van der Waals surface area contributed by atoms with Gasteiger partial charge in [-0.3, -0.25) is 19.5 Å². The summed E-state index contributed by atoms with van der Waals surface area (Å²) in [5, 5.41) is 21.7. The van der Waals surface area contributed by atoms with E-state index in [1.807, 2.05) is 6.92 Å². The first-order chi connectivity index (χ1) is 18.7. The molecule has 2 aromatic heterocycles. The predicted molar refractivity (Wildman–Crippen MR) is 140 cm³/mol. The van der Waals surface area contributed by atoms with Crippen LogP contribution in [0, 0.1) is 5.82 Å². The fourth-order valence-electron chi connectivity index (χ4n) is 3.27. The molecule has 9 nitrogen and oxygen atoms in total. The highest BCUT2D eigenvalue weighted by Gasteiger charge is 2.34. The van der Waals surface area contributed by atoms with E-state index in [4.69, 9.17) is 0 Å². The highest BCUT2D eigenvalue weighted by atomic mass is 32.2. The van der Waals surface area contributed by atoms with Gasteiger partial charge >= 0.3 is 6.18 Å². The highest BCUT2D eigenvalue weighted by Crippen LogP contribution is 2.32. The van der Waals surface area contributed by atoms with Gasteiger partial charge < -0.3 is 5.32 Å². The van der Waals surface area contributed by atoms with Crippen LogP contribution in [0.4, 0.5) is 22.7 Å². The fraction of sp³-hybridized carbons (Fsp3) is 0.217. The molecule has 0 saturated heterocycles. The molecule has 2 heterocycles. The molecule has 0 aliphatic rings. The Morgan fingerprint density at radius 1 is 1.00 bits per heavy atom. The standard InChI is InChI=1S/C23H19F4N7O2S3/c1-2-37-22-33-31-20(39-22)29-18(35)12-38-21-32-30-17(34(21)14-9-7-13(24)8-10-14)11-28-19(36)15-5-3-4-6-16(15)23(25,26)27/h3-10H,2,11-12H2,1H3,(H,28,36)(H,29,31,35). The molecule has 2 aromatic carbocycles. The number of aromatic nitrogens is 5. The maximum atomic E-state index is 13.6. The largest absolute Gasteiger partial charge is 0.417 e. The average Bonchev–Trinajstić information content (AvgIpc) is 3.52. The summed E-state index contributed by atoms with van der Waals surface area (Å²) in [6.07, 6.45) is -4.71. The van der Waals surface area contributed by atoms with Crippen molar-refractivity contribution in [2.24, 2.45) is 0 Å². The zero-order valence-electron chi connectivity index (χ0n) is 20.0. The van der Waals surface area contributed by atoms with Crippen molar-refractivity contribution in [2.75, 3.05) is 16.8 Å². The number of benzene rings is 2. The van der Waals surface area contributed by atoms with E-state index in [1.165, 1.54) is 64.1 Å². The Labute approximate surface area is 231 Å². The van der Waals surface area contributed by atoms with Gasteiger partial charge in [-0.2, -0.15) is 13.2 Å². The normalized spacial score (nSPS) is 11.4. The Morgan fingerprint density at radius 2 is 1.74 bits per heavy atom. The van der Waals surface area contributed by atoms with Gasteiger partial charge in [0.15, 0.2) is 15.3 Å². The lowest BCUT2D eigenvalue weighted by Gasteiger charge is -2.13. The molecule has 0 atom stereocenters. The molecule has 0 saturated carbocycles. The lowest BCUT2D eigenvalue weighted by Crippen LogP contribution is -2.27. The summed E-state index contributed by atoms with van der Waals surface area (Å²) in [6, 6.07) is 9.72. The van der Waals surface area contributed by atoms with Gasteiger partial charge in [0.2, 0.25) is 11.0 Å². The number of thioether (sulfide) groups is 2. The van der Waals surface area contributed by atoms with Crippen LogP contribution >= 0.6 is 34.9 Å². The smallest absolute Gasteiger partial charge is 0.345 e. The Balaban J connectivity index is 1.50. The summed E-state index contributed by atoms with van der Waals surface area (Å²) >= 11 is 3.76. The molecule has 0 fully saturated rings. The molecule has 0 aliphatic carbocycles. The molecular formula is C23H19F4N7O2S3. The minimum Gasteiger partial charge on any atom is -0.345 e. The topological polar surface area (TPSA) is 115 Å². The van der Waals surface area contributed by atoms with Gasteiger partial charge in [0.1, 0.15) is 5.82 Å². The van der Waals surface area contributed by atoms with Crippen molar-refractivity contribution < 1.29 is 27.2 Å². The van der Waals surface area contributed by atoms with Crippen LogP contribution in [0.25, 0.3) is 5.69 Å². The van der Waals surface area contributed by atoms with Gasteiger partial charge in [0.05, 0.1) is 23.4 Å². The van der Waals surface area contributed by atoms with E-state index < -0.39 is 29.0 Å². The minimum absolute atomic E-state index is 0.0829. The maximum absolute atomic E-state index is 13.6. The van der Waals surface area contributed by atoms with E-state index in [2.05, 4.69) is 31.0 Å². The Morgan fingerprint density at radius 3 is 2.46 bits per heavy atom. The second-order valence-corrected chi connectivity index (χ2v) is 11.0. The first kappa shape index (κ1) is 28.5. The molecule has 0 bridgehead atoms. The molecule has 0 unspecified atom stereocenters. The molecule has 0 spiro atoms. The van der Waals surface area contributed by atoms with Crippen molar-refractivity contribution >= 4 is 51.8 Å². The number of rotatable bonds is 10. The lowest BCUT2D eigenvalue weighted by atomic mass is 10.1. The number of alkyl halides is 3. The van der Waals surface area contributed by atoms with E-state index in [-0.39, 0.29) is 29.2 Å². The number of nitrogens with zero attached hydrogens (tertiary/aromatic N) is 5. The van der Waals surface area contributed by atoms with Gasteiger partial charge in [-0.15, -0.1) is 20.4 Å². The number of hydrogen-bond acceptors (Lipinski definition) is 9. The number of amides is 2. The summed E-state index contributed by atoms with van der Waals surface area (Å²) in [4.78, 5) is 25.1. The van der Waals surface area contributed by atoms with Crippen molar-refractivity contribution in [3.63, 3.8) is 0 Å². The summed E-state index contributed by atoms with van der Waals surface area (Å²) in [5.74, 6) is -0.932. The maximum Gasteiger partial charge on any atom is 0.417 e. The molecule has 2 amide bonds. The molecule has 16 heteroatoms. The van der Waals surface area contributed by atoms with Crippen LogP contribution < -0.4 is 10.6 Å². The summed E-state index contributed by atoms with van der Waals surface area (Å²) in [5.41, 5.74) is -1.18. The number of anilines is 1. The quantitative estimate of drug-likeness (QED) is 0.148. The Bertz CT molecular complexity index is 1460. The van der Waals surface area contributed by atoms with Gasteiger partial charge in [-0.05, 0) is 42.2 Å². The van der Waals surface area contributed by atoms with Crippen molar-refractivity contribution in [3.05, 3.63) is 71.3 Å². The van der Waals surface area contributed by atoms with Crippen LogP contribution in [-0.2, 0) is 17.5 Å². The average molecular weight is 598 g/mol. The zero-order valence-corrected chi connectivity index (χ0v) is 22.5. The fourth-order valence-corrected chi connectivity index (χ4v) is 5.70. The lowest BCUT2D eigenvalue weighted by molar-refractivity contribution is -0.138. The summed E-state index contributed by atoms with van der Waals surface area (Å²) in [6.45, 7) is 1.68. The Kier molecular flexibility index (Phi) is 9.19. The molecule has 2 N–H and O–H groups in total. The number of carbonyl (C=O) groups excluding carboxylic acids is 2. The minimum atomic E-state index is -4.71. The van der Waals surface area contributed by atoms with E-state index >= 15 is 0 Å². The molecule has 4 rings (SSSR count). The third-order valence-corrected chi connectivity index (χ3v) is 7.71. The molecule has 0 aliphatic heterocycles. The second-order valence-electron chi connectivity index (χ2n) is 7.58. The van der Waals surface area contributed by atoms with Crippen LogP contribution in [0.5, 0.6) is 0 Å². The van der Waals surface area contributed by atoms with Crippen molar-refractivity contribution in [2.45, 2.75) is 29.1 Å². The Hall–Kier alpha value is -3.50. The monoisotopic (exact) mass is 597 g/mol. The van der Waals surface area contributed by atoms with E-state index in [9.17, 15) is 27.2 Å². The predicted octanol–water partition coefficient (Wildman–Crippen LogP) is 5.05. The van der Waals surface area contributed by atoms with Gasteiger partial charge in [0, 0.05) is 5.69 Å². The summed E-state index contributed by atoms with van der Waals surface area (Å²) < 4.78 is 55.8.